The van der Waals surface area contributed by atoms with Crippen LogP contribution >= 0.6 is 23.4 Å². The minimum absolute atomic E-state index is 0.000800. The van der Waals surface area contributed by atoms with Crippen LogP contribution in [0.5, 0.6) is 0 Å². The van der Waals surface area contributed by atoms with Gasteiger partial charge in [-0.1, -0.05) is 23.7 Å². The number of thioether (sulfide) groups is 1. The van der Waals surface area contributed by atoms with Gasteiger partial charge in [0.15, 0.2) is 0 Å². The third-order valence-corrected chi connectivity index (χ3v) is 5.45. The maximum Gasteiger partial charge on any atom is 0.261 e. The highest BCUT2D eigenvalue weighted by molar-refractivity contribution is 8.04. The Morgan fingerprint density at radius 1 is 1.33 bits per heavy atom. The molecule has 112 valence electrons. The van der Waals surface area contributed by atoms with Gasteiger partial charge in [-0.05, 0) is 37.5 Å². The zero-order valence-corrected chi connectivity index (χ0v) is 13.5. The van der Waals surface area contributed by atoms with Crippen molar-refractivity contribution in [3.8, 4) is 0 Å². The molecule has 2 aliphatic rings. The number of amides is 1. The molecule has 1 aliphatic heterocycles. The van der Waals surface area contributed by atoms with E-state index in [1.807, 2.05) is 31.2 Å². The average molecular weight is 324 g/mol. The van der Waals surface area contributed by atoms with Gasteiger partial charge in [0, 0.05) is 22.7 Å². The van der Waals surface area contributed by atoms with Crippen molar-refractivity contribution in [2.24, 2.45) is 0 Å². The van der Waals surface area contributed by atoms with Crippen LogP contribution in [0.15, 0.2) is 34.9 Å². The monoisotopic (exact) mass is 323 g/mol. The second-order valence-electron chi connectivity index (χ2n) is 5.40. The molecule has 0 unspecified atom stereocenters. The van der Waals surface area contributed by atoms with E-state index in [1.165, 1.54) is 5.56 Å². The van der Waals surface area contributed by atoms with Crippen LogP contribution in [0.1, 0.15) is 31.2 Å². The van der Waals surface area contributed by atoms with Gasteiger partial charge in [-0.15, -0.1) is 11.8 Å². The molecule has 2 atom stereocenters. The molecule has 3 rings (SSSR count). The number of allylic oxidation sites excluding steroid dienone is 1. The Morgan fingerprint density at radius 2 is 2.10 bits per heavy atom. The van der Waals surface area contributed by atoms with E-state index in [1.54, 1.807) is 11.8 Å². The number of benzene rings is 1. The van der Waals surface area contributed by atoms with Gasteiger partial charge in [-0.25, -0.2) is 0 Å². The van der Waals surface area contributed by atoms with Crippen molar-refractivity contribution in [3.63, 3.8) is 0 Å². The van der Waals surface area contributed by atoms with Gasteiger partial charge in [0.05, 0.1) is 6.61 Å². The van der Waals surface area contributed by atoms with Crippen LogP contribution in [-0.2, 0) is 9.53 Å². The molecule has 1 N–H and O–H groups in total. The lowest BCUT2D eigenvalue weighted by molar-refractivity contribution is -0.118. The molecule has 1 amide bonds. The second-order valence-corrected chi connectivity index (χ2v) is 6.94. The van der Waals surface area contributed by atoms with Gasteiger partial charge in [-0.2, -0.15) is 0 Å². The van der Waals surface area contributed by atoms with Crippen LogP contribution < -0.4 is 5.32 Å². The van der Waals surface area contributed by atoms with Crippen molar-refractivity contribution in [2.45, 2.75) is 31.7 Å². The SMILES string of the molecule is CC1=C(C(=O)N[C@H]2CC[C@H]2c2ccc(Cl)cc2)SCCO1. The summed E-state index contributed by atoms with van der Waals surface area (Å²) in [5, 5.41) is 3.89. The van der Waals surface area contributed by atoms with E-state index >= 15 is 0 Å². The predicted molar refractivity (Wildman–Crippen MR) is 86.5 cm³/mol. The van der Waals surface area contributed by atoms with E-state index in [9.17, 15) is 4.79 Å². The minimum atomic E-state index is 0.000800. The summed E-state index contributed by atoms with van der Waals surface area (Å²) in [6.07, 6.45) is 2.13. The van der Waals surface area contributed by atoms with Gasteiger partial charge < -0.3 is 10.1 Å². The lowest BCUT2D eigenvalue weighted by Crippen LogP contribution is -2.46. The first-order valence-electron chi connectivity index (χ1n) is 7.18. The smallest absolute Gasteiger partial charge is 0.261 e. The summed E-state index contributed by atoms with van der Waals surface area (Å²) >= 11 is 7.50. The molecule has 0 bridgehead atoms. The van der Waals surface area contributed by atoms with Crippen LogP contribution in [0.2, 0.25) is 5.02 Å². The normalized spacial score (nSPS) is 25.0. The maximum atomic E-state index is 12.4. The molecule has 1 aliphatic carbocycles. The Kier molecular flexibility index (Phi) is 4.45. The number of hydrogen-bond donors (Lipinski definition) is 1. The molecule has 1 aromatic rings. The summed E-state index contributed by atoms with van der Waals surface area (Å²) in [6, 6.07) is 8.13. The van der Waals surface area contributed by atoms with Crippen molar-refractivity contribution in [3.05, 3.63) is 45.5 Å². The topological polar surface area (TPSA) is 38.3 Å². The fraction of sp³-hybridized carbons (Fsp3) is 0.438. The lowest BCUT2D eigenvalue weighted by atomic mass is 9.75. The van der Waals surface area contributed by atoms with E-state index in [2.05, 4.69) is 5.32 Å². The molecule has 1 saturated carbocycles. The number of rotatable bonds is 3. The van der Waals surface area contributed by atoms with Crippen LogP contribution in [0, 0.1) is 0 Å². The van der Waals surface area contributed by atoms with Gasteiger partial charge in [0.1, 0.15) is 10.7 Å². The number of carbonyl (C=O) groups is 1. The highest BCUT2D eigenvalue weighted by atomic mass is 35.5. The van der Waals surface area contributed by atoms with Crippen molar-refractivity contribution in [2.75, 3.05) is 12.4 Å². The van der Waals surface area contributed by atoms with E-state index in [0.717, 1.165) is 34.3 Å². The standard InChI is InChI=1S/C16H18ClNO2S/c1-10-15(21-9-8-20-10)16(19)18-14-7-6-13(14)11-2-4-12(17)5-3-11/h2-5,13-14H,6-9H2,1H3,(H,18,19)/t13-,14-/m0/s1. The summed E-state index contributed by atoms with van der Waals surface area (Å²) in [5.41, 5.74) is 1.24. The van der Waals surface area contributed by atoms with E-state index < -0.39 is 0 Å². The van der Waals surface area contributed by atoms with E-state index in [4.69, 9.17) is 16.3 Å². The summed E-state index contributed by atoms with van der Waals surface area (Å²) in [4.78, 5) is 13.1. The van der Waals surface area contributed by atoms with Gasteiger partial charge in [-0.3, -0.25) is 4.79 Å². The van der Waals surface area contributed by atoms with Crippen molar-refractivity contribution >= 4 is 29.3 Å². The Hall–Kier alpha value is -1.13. The van der Waals surface area contributed by atoms with Crippen molar-refractivity contribution < 1.29 is 9.53 Å². The quantitative estimate of drug-likeness (QED) is 0.921. The Balaban J connectivity index is 1.65. The summed E-state index contributed by atoms with van der Waals surface area (Å²) in [7, 11) is 0. The molecule has 21 heavy (non-hydrogen) atoms. The first-order chi connectivity index (χ1) is 10.1. The zero-order chi connectivity index (χ0) is 14.8. The molecule has 3 nitrogen and oxygen atoms in total. The maximum absolute atomic E-state index is 12.4. The molecular weight excluding hydrogens is 306 g/mol. The fourth-order valence-electron chi connectivity index (χ4n) is 2.75. The van der Waals surface area contributed by atoms with Crippen molar-refractivity contribution in [1.29, 1.82) is 0 Å². The number of hydrogen-bond acceptors (Lipinski definition) is 3. The van der Waals surface area contributed by atoms with E-state index in [0.29, 0.717) is 12.5 Å². The first kappa shape index (κ1) is 14.8. The Morgan fingerprint density at radius 3 is 2.71 bits per heavy atom. The molecule has 5 heteroatoms. The molecule has 0 aromatic heterocycles. The fourth-order valence-corrected chi connectivity index (χ4v) is 3.70. The van der Waals surface area contributed by atoms with E-state index in [-0.39, 0.29) is 11.9 Å². The highest BCUT2D eigenvalue weighted by Gasteiger charge is 2.34. The van der Waals surface area contributed by atoms with Gasteiger partial charge in [0.2, 0.25) is 0 Å². The third kappa shape index (κ3) is 3.22. The molecule has 1 aromatic carbocycles. The molecule has 1 fully saturated rings. The van der Waals surface area contributed by atoms with Crippen LogP contribution in [0.3, 0.4) is 0 Å². The summed E-state index contributed by atoms with van der Waals surface area (Å²) < 4.78 is 5.45. The van der Waals surface area contributed by atoms with Crippen molar-refractivity contribution in [1.82, 2.24) is 5.32 Å². The number of ether oxygens (including phenoxy) is 1. The van der Waals surface area contributed by atoms with Crippen LogP contribution in [0.25, 0.3) is 0 Å². The predicted octanol–water partition coefficient (Wildman–Crippen LogP) is 3.70. The molecular formula is C16H18ClNO2S. The second kappa shape index (κ2) is 6.32. The average Bonchev–Trinajstić information content (AvgIpc) is 2.46. The third-order valence-electron chi connectivity index (χ3n) is 4.06. The number of nitrogens with one attached hydrogen (secondary N) is 1. The molecule has 0 radical (unpaired) electrons. The minimum Gasteiger partial charge on any atom is -0.496 e. The van der Waals surface area contributed by atoms with Crippen LogP contribution in [-0.4, -0.2) is 24.3 Å². The van der Waals surface area contributed by atoms with Gasteiger partial charge >= 0.3 is 0 Å². The number of halogens is 1. The Labute approximate surface area is 134 Å². The van der Waals surface area contributed by atoms with Crippen LogP contribution in [0.4, 0.5) is 0 Å². The zero-order valence-electron chi connectivity index (χ0n) is 11.9. The van der Waals surface area contributed by atoms with Gasteiger partial charge in [0.25, 0.3) is 5.91 Å². The first-order valence-corrected chi connectivity index (χ1v) is 8.54. The highest BCUT2D eigenvalue weighted by Crippen LogP contribution is 2.38. The summed E-state index contributed by atoms with van der Waals surface area (Å²) in [5.74, 6) is 1.97. The lowest BCUT2D eigenvalue weighted by Gasteiger charge is -2.38. The summed E-state index contributed by atoms with van der Waals surface area (Å²) in [6.45, 7) is 2.54. The molecule has 0 saturated heterocycles. The molecule has 1 heterocycles. The largest absolute Gasteiger partial charge is 0.496 e. The molecule has 0 spiro atoms. The Bertz CT molecular complexity index is 570. The number of carbonyl (C=O) groups excluding carboxylic acids is 1.